The molecule has 5 nitrogen and oxygen atoms in total. The van der Waals surface area contributed by atoms with Crippen LogP contribution < -0.4 is 5.32 Å². The molecule has 136 valence electrons. The van der Waals surface area contributed by atoms with E-state index in [2.05, 4.69) is 33.0 Å². The van der Waals surface area contributed by atoms with Gasteiger partial charge in [-0.2, -0.15) is 4.31 Å². The van der Waals surface area contributed by atoms with Gasteiger partial charge in [0.2, 0.25) is 5.91 Å². The van der Waals surface area contributed by atoms with Crippen molar-refractivity contribution in [3.63, 3.8) is 0 Å². The molecule has 2 heterocycles. The highest BCUT2D eigenvalue weighted by atomic mass is 32.2. The Morgan fingerprint density at radius 3 is 2.50 bits per heavy atom. The van der Waals surface area contributed by atoms with Crippen LogP contribution >= 0.6 is 11.3 Å². The number of hydrogen-bond donors (Lipinski definition) is 1. The molecule has 0 aromatic carbocycles. The van der Waals surface area contributed by atoms with Gasteiger partial charge in [0.1, 0.15) is 4.21 Å². The molecule has 1 unspecified atom stereocenters. The zero-order chi connectivity index (χ0) is 17.9. The smallest absolute Gasteiger partial charge is 0.252 e. The van der Waals surface area contributed by atoms with Crippen molar-refractivity contribution in [2.45, 2.75) is 50.8 Å². The van der Waals surface area contributed by atoms with Crippen LogP contribution in [-0.4, -0.2) is 37.8 Å². The van der Waals surface area contributed by atoms with E-state index in [0.29, 0.717) is 22.6 Å². The minimum atomic E-state index is -3.47. The predicted octanol–water partition coefficient (Wildman–Crippen LogP) is 2.95. The Morgan fingerprint density at radius 1 is 1.29 bits per heavy atom. The van der Waals surface area contributed by atoms with E-state index in [9.17, 15) is 13.2 Å². The molecular formula is C17H28N2O3S2. The fourth-order valence-electron chi connectivity index (χ4n) is 3.30. The molecule has 1 fully saturated rings. The van der Waals surface area contributed by atoms with Crippen molar-refractivity contribution in [2.24, 2.45) is 17.8 Å². The van der Waals surface area contributed by atoms with Crippen LogP contribution in [0, 0.1) is 17.8 Å². The summed E-state index contributed by atoms with van der Waals surface area (Å²) in [4.78, 5) is 12.6. The van der Waals surface area contributed by atoms with Gasteiger partial charge in [-0.3, -0.25) is 4.79 Å². The number of piperidine rings is 1. The molecule has 0 radical (unpaired) electrons. The van der Waals surface area contributed by atoms with E-state index in [4.69, 9.17) is 0 Å². The number of amides is 1. The Balaban J connectivity index is 2.06. The van der Waals surface area contributed by atoms with Crippen molar-refractivity contribution in [1.82, 2.24) is 9.62 Å². The lowest BCUT2D eigenvalue weighted by Crippen LogP contribution is -2.49. The summed E-state index contributed by atoms with van der Waals surface area (Å²) in [5.74, 6) is 0.411. The predicted molar refractivity (Wildman–Crippen MR) is 97.4 cm³/mol. The fourth-order valence-corrected chi connectivity index (χ4v) is 5.97. The first-order valence-electron chi connectivity index (χ1n) is 8.57. The Kier molecular flexibility index (Phi) is 6.45. The first-order valence-corrected chi connectivity index (χ1v) is 10.9. The fraction of sp³-hybridized carbons (Fsp3) is 0.706. The SMILES string of the molecule is CC(C)C(NC(=O)C1CCCN(S(=O)(=O)c2cccs2)C1)C(C)C. The molecule has 1 aliphatic heterocycles. The lowest BCUT2D eigenvalue weighted by atomic mass is 9.91. The van der Waals surface area contributed by atoms with Crippen LogP contribution in [0.1, 0.15) is 40.5 Å². The molecule has 1 aromatic heterocycles. The van der Waals surface area contributed by atoms with Gasteiger partial charge in [-0.15, -0.1) is 11.3 Å². The topological polar surface area (TPSA) is 66.5 Å². The maximum Gasteiger partial charge on any atom is 0.252 e. The second kappa shape index (κ2) is 7.97. The minimum Gasteiger partial charge on any atom is -0.353 e. The average Bonchev–Trinajstić information content (AvgIpc) is 3.07. The third kappa shape index (κ3) is 4.37. The van der Waals surface area contributed by atoms with Crippen LogP contribution in [0.4, 0.5) is 0 Å². The lowest BCUT2D eigenvalue weighted by molar-refractivity contribution is -0.127. The van der Waals surface area contributed by atoms with E-state index in [1.54, 1.807) is 17.5 Å². The Bertz CT molecular complexity index is 631. The van der Waals surface area contributed by atoms with E-state index in [-0.39, 0.29) is 24.4 Å². The zero-order valence-corrected chi connectivity index (χ0v) is 16.5. The summed E-state index contributed by atoms with van der Waals surface area (Å²) in [5.41, 5.74) is 0. The number of carbonyl (C=O) groups is 1. The summed E-state index contributed by atoms with van der Waals surface area (Å²) < 4.78 is 27.1. The zero-order valence-electron chi connectivity index (χ0n) is 14.9. The number of sulfonamides is 1. The number of hydrogen-bond acceptors (Lipinski definition) is 4. The maximum absolute atomic E-state index is 12.7. The second-order valence-corrected chi connectivity index (χ2v) is 10.3. The highest BCUT2D eigenvalue weighted by molar-refractivity contribution is 7.91. The van der Waals surface area contributed by atoms with Crippen LogP contribution in [0.3, 0.4) is 0 Å². The highest BCUT2D eigenvalue weighted by Crippen LogP contribution is 2.26. The van der Waals surface area contributed by atoms with Gasteiger partial charge in [0.15, 0.2) is 0 Å². The molecule has 1 saturated heterocycles. The van der Waals surface area contributed by atoms with Gasteiger partial charge >= 0.3 is 0 Å². The molecule has 7 heteroatoms. The molecule has 1 atom stereocenters. The number of nitrogens with zero attached hydrogens (tertiary/aromatic N) is 1. The van der Waals surface area contributed by atoms with Crippen molar-refractivity contribution in [3.8, 4) is 0 Å². The van der Waals surface area contributed by atoms with E-state index >= 15 is 0 Å². The summed E-state index contributed by atoms with van der Waals surface area (Å²) >= 11 is 1.22. The van der Waals surface area contributed by atoms with E-state index in [0.717, 1.165) is 12.8 Å². The Morgan fingerprint density at radius 2 is 1.96 bits per heavy atom. The van der Waals surface area contributed by atoms with Crippen molar-refractivity contribution in [2.75, 3.05) is 13.1 Å². The molecule has 1 aliphatic rings. The largest absolute Gasteiger partial charge is 0.353 e. The lowest BCUT2D eigenvalue weighted by Gasteiger charge is -2.33. The molecule has 24 heavy (non-hydrogen) atoms. The quantitative estimate of drug-likeness (QED) is 0.835. The highest BCUT2D eigenvalue weighted by Gasteiger charge is 2.34. The molecular weight excluding hydrogens is 344 g/mol. The molecule has 1 amide bonds. The second-order valence-electron chi connectivity index (χ2n) is 7.16. The third-order valence-electron chi connectivity index (χ3n) is 4.59. The standard InChI is InChI=1S/C17H28N2O3S2/c1-12(2)16(13(3)4)18-17(20)14-7-5-9-19(11-14)24(21,22)15-8-6-10-23-15/h6,8,10,12-14,16H,5,7,9,11H2,1-4H3,(H,18,20). The average molecular weight is 373 g/mol. The molecule has 0 bridgehead atoms. The van der Waals surface area contributed by atoms with Gasteiger partial charge in [0, 0.05) is 19.1 Å². The molecule has 2 rings (SSSR count). The van der Waals surface area contributed by atoms with E-state index in [1.165, 1.54) is 15.6 Å². The number of carbonyl (C=O) groups excluding carboxylic acids is 1. The number of nitrogens with one attached hydrogen (secondary N) is 1. The normalized spacial score (nSPS) is 20.0. The van der Waals surface area contributed by atoms with Crippen LogP contribution in [0.2, 0.25) is 0 Å². The van der Waals surface area contributed by atoms with Crippen molar-refractivity contribution >= 4 is 27.3 Å². The van der Waals surface area contributed by atoms with Gasteiger partial charge in [0.05, 0.1) is 5.92 Å². The van der Waals surface area contributed by atoms with Crippen molar-refractivity contribution in [1.29, 1.82) is 0 Å². The molecule has 0 aliphatic carbocycles. The molecule has 0 saturated carbocycles. The number of thiophene rings is 1. The third-order valence-corrected chi connectivity index (χ3v) is 7.83. The van der Waals surface area contributed by atoms with Crippen LogP contribution in [0.25, 0.3) is 0 Å². The molecule has 1 aromatic rings. The minimum absolute atomic E-state index is 0.0199. The Hall–Kier alpha value is -0.920. The van der Waals surface area contributed by atoms with Crippen LogP contribution in [-0.2, 0) is 14.8 Å². The molecule has 0 spiro atoms. The monoisotopic (exact) mass is 372 g/mol. The summed E-state index contributed by atoms with van der Waals surface area (Å²) in [5, 5.41) is 4.90. The summed E-state index contributed by atoms with van der Waals surface area (Å²) in [6.07, 6.45) is 1.46. The van der Waals surface area contributed by atoms with Crippen LogP contribution in [0.5, 0.6) is 0 Å². The summed E-state index contributed by atoms with van der Waals surface area (Å²) in [7, 11) is -3.47. The first kappa shape index (κ1) is 19.4. The van der Waals surface area contributed by atoms with Gasteiger partial charge in [-0.1, -0.05) is 33.8 Å². The van der Waals surface area contributed by atoms with Crippen molar-refractivity contribution in [3.05, 3.63) is 17.5 Å². The summed E-state index contributed by atoms with van der Waals surface area (Å²) in [6, 6.07) is 3.47. The summed E-state index contributed by atoms with van der Waals surface area (Å²) in [6.45, 7) is 9.15. The Labute approximate surface area is 149 Å². The molecule has 1 N–H and O–H groups in total. The van der Waals surface area contributed by atoms with E-state index < -0.39 is 10.0 Å². The first-order chi connectivity index (χ1) is 11.2. The van der Waals surface area contributed by atoms with Crippen LogP contribution in [0.15, 0.2) is 21.7 Å². The van der Waals surface area contributed by atoms with Gasteiger partial charge in [0.25, 0.3) is 10.0 Å². The van der Waals surface area contributed by atoms with E-state index in [1.807, 2.05) is 0 Å². The van der Waals surface area contributed by atoms with Gasteiger partial charge in [-0.25, -0.2) is 8.42 Å². The van der Waals surface area contributed by atoms with Crippen molar-refractivity contribution < 1.29 is 13.2 Å². The maximum atomic E-state index is 12.7. The number of rotatable bonds is 6. The van der Waals surface area contributed by atoms with Gasteiger partial charge < -0.3 is 5.32 Å². The van der Waals surface area contributed by atoms with Gasteiger partial charge in [-0.05, 0) is 36.1 Å².